The number of hydrogen-bond donors (Lipinski definition) is 1. The highest BCUT2D eigenvalue weighted by Crippen LogP contribution is 2.42. The van der Waals surface area contributed by atoms with Gasteiger partial charge in [0.2, 0.25) is 0 Å². The Morgan fingerprint density at radius 1 is 0.919 bits per heavy atom. The van der Waals surface area contributed by atoms with Crippen LogP contribution in [0.1, 0.15) is 36.1 Å². The third kappa shape index (κ3) is 4.70. The highest BCUT2D eigenvalue weighted by atomic mass is 19.1. The van der Waals surface area contributed by atoms with E-state index in [1.807, 2.05) is 49.4 Å². The van der Waals surface area contributed by atoms with E-state index in [9.17, 15) is 19.1 Å². The highest BCUT2D eigenvalue weighted by Gasteiger charge is 2.46. The van der Waals surface area contributed by atoms with Crippen LogP contribution in [0.2, 0.25) is 0 Å². The maximum atomic E-state index is 13.5. The zero-order chi connectivity index (χ0) is 25.9. The molecule has 1 N–H and O–H groups in total. The quantitative estimate of drug-likeness (QED) is 0.183. The first-order chi connectivity index (χ1) is 18.0. The Labute approximate surface area is 214 Å². The summed E-state index contributed by atoms with van der Waals surface area (Å²) in [5.41, 5.74) is 1.83. The average Bonchev–Trinajstić information content (AvgIpc) is 3.17. The van der Waals surface area contributed by atoms with Gasteiger partial charge in [0.05, 0.1) is 18.2 Å². The van der Waals surface area contributed by atoms with E-state index in [0.29, 0.717) is 23.5 Å². The van der Waals surface area contributed by atoms with Gasteiger partial charge in [-0.05, 0) is 64.7 Å². The molecule has 37 heavy (non-hydrogen) atoms. The number of aliphatic hydroxyl groups is 1. The predicted molar refractivity (Wildman–Crippen MR) is 140 cm³/mol. The summed E-state index contributed by atoms with van der Waals surface area (Å²) >= 11 is 0. The van der Waals surface area contributed by atoms with E-state index in [0.717, 1.165) is 22.8 Å². The molecule has 0 spiro atoms. The van der Waals surface area contributed by atoms with Crippen LogP contribution in [0, 0.1) is 5.82 Å². The Balaban J connectivity index is 1.65. The molecule has 0 bridgehead atoms. The van der Waals surface area contributed by atoms with E-state index < -0.39 is 17.7 Å². The second kappa shape index (κ2) is 10.3. The van der Waals surface area contributed by atoms with Crippen molar-refractivity contribution in [1.82, 2.24) is 4.90 Å². The summed E-state index contributed by atoms with van der Waals surface area (Å²) < 4.78 is 19.2. The molecule has 5 nitrogen and oxygen atoms in total. The number of halogens is 1. The van der Waals surface area contributed by atoms with Crippen LogP contribution in [0.4, 0.5) is 4.39 Å². The smallest absolute Gasteiger partial charge is 0.295 e. The number of ether oxygens (including phenoxy) is 1. The van der Waals surface area contributed by atoms with Gasteiger partial charge in [-0.3, -0.25) is 9.59 Å². The molecular weight excluding hydrogens is 469 g/mol. The zero-order valence-electron chi connectivity index (χ0n) is 20.4. The molecule has 1 saturated heterocycles. The second-order valence-electron chi connectivity index (χ2n) is 8.99. The summed E-state index contributed by atoms with van der Waals surface area (Å²) in [6.45, 7) is 2.67. The van der Waals surface area contributed by atoms with Gasteiger partial charge in [-0.15, -0.1) is 0 Å². The maximum absolute atomic E-state index is 13.5. The molecule has 0 aromatic heterocycles. The lowest BCUT2D eigenvalue weighted by Gasteiger charge is -2.26. The normalized spacial score (nSPS) is 16.9. The molecule has 186 valence electrons. The number of carbonyl (C=O) groups is 2. The van der Waals surface area contributed by atoms with Crippen LogP contribution in [0.5, 0.6) is 5.75 Å². The lowest BCUT2D eigenvalue weighted by Crippen LogP contribution is -2.29. The van der Waals surface area contributed by atoms with Crippen LogP contribution < -0.4 is 4.74 Å². The van der Waals surface area contributed by atoms with Gasteiger partial charge in [-0.25, -0.2) is 4.39 Å². The molecule has 5 rings (SSSR count). The molecular formula is C31H26FNO4. The van der Waals surface area contributed by atoms with Crippen molar-refractivity contribution in [3.63, 3.8) is 0 Å². The Morgan fingerprint density at radius 3 is 2.35 bits per heavy atom. The van der Waals surface area contributed by atoms with Crippen molar-refractivity contribution < 1.29 is 23.8 Å². The summed E-state index contributed by atoms with van der Waals surface area (Å²) in [7, 11) is 0. The van der Waals surface area contributed by atoms with Crippen molar-refractivity contribution in [3.8, 4) is 5.75 Å². The minimum absolute atomic E-state index is 0.0192. The van der Waals surface area contributed by atoms with E-state index in [1.165, 1.54) is 17.0 Å². The van der Waals surface area contributed by atoms with E-state index in [2.05, 4.69) is 0 Å². The molecule has 1 aliphatic heterocycles. The van der Waals surface area contributed by atoms with Crippen molar-refractivity contribution in [2.75, 3.05) is 6.61 Å². The topological polar surface area (TPSA) is 66.8 Å². The van der Waals surface area contributed by atoms with Crippen molar-refractivity contribution >= 4 is 28.2 Å². The monoisotopic (exact) mass is 495 g/mol. The van der Waals surface area contributed by atoms with Crippen molar-refractivity contribution in [2.45, 2.75) is 25.9 Å². The number of hydrogen-bond acceptors (Lipinski definition) is 4. The van der Waals surface area contributed by atoms with Crippen LogP contribution in [0.25, 0.3) is 16.5 Å². The van der Waals surface area contributed by atoms with Crippen LogP contribution in [0.3, 0.4) is 0 Å². The highest BCUT2D eigenvalue weighted by molar-refractivity contribution is 6.46. The third-order valence-electron chi connectivity index (χ3n) is 6.52. The molecule has 1 amide bonds. The molecule has 0 saturated carbocycles. The lowest BCUT2D eigenvalue weighted by atomic mass is 9.91. The van der Waals surface area contributed by atoms with Gasteiger partial charge in [0, 0.05) is 12.1 Å². The Bertz CT molecular complexity index is 1490. The summed E-state index contributed by atoms with van der Waals surface area (Å²) in [6.07, 6.45) is 0.865. The van der Waals surface area contributed by atoms with E-state index in [1.54, 1.807) is 36.4 Å². The number of carbonyl (C=O) groups excluding carboxylic acids is 2. The summed E-state index contributed by atoms with van der Waals surface area (Å²) in [5, 5.41) is 13.2. The molecule has 1 fully saturated rings. The number of aliphatic hydroxyl groups excluding tert-OH is 1. The Kier molecular flexibility index (Phi) is 6.73. The zero-order valence-corrected chi connectivity index (χ0v) is 20.4. The van der Waals surface area contributed by atoms with E-state index in [4.69, 9.17) is 4.74 Å². The number of likely N-dealkylation sites (tertiary alicyclic amines) is 1. The number of benzene rings is 4. The number of amides is 1. The van der Waals surface area contributed by atoms with Gasteiger partial charge >= 0.3 is 0 Å². The Hall–Kier alpha value is -4.45. The van der Waals surface area contributed by atoms with Crippen LogP contribution >= 0.6 is 0 Å². The summed E-state index contributed by atoms with van der Waals surface area (Å²) in [4.78, 5) is 28.2. The van der Waals surface area contributed by atoms with Gasteiger partial charge < -0.3 is 14.7 Å². The van der Waals surface area contributed by atoms with Gasteiger partial charge in [0.25, 0.3) is 11.7 Å². The molecule has 1 unspecified atom stereocenters. The first-order valence-electron chi connectivity index (χ1n) is 12.2. The van der Waals surface area contributed by atoms with Crippen LogP contribution in [-0.4, -0.2) is 28.3 Å². The van der Waals surface area contributed by atoms with Crippen molar-refractivity contribution in [2.24, 2.45) is 0 Å². The molecule has 1 aliphatic rings. The third-order valence-corrected chi connectivity index (χ3v) is 6.52. The van der Waals surface area contributed by atoms with E-state index >= 15 is 0 Å². The standard InChI is InChI=1S/C31H26FNO4/c1-2-18-37-24-16-12-22(13-17-24)29(34)27-28(26-9-5-7-21-6-3-4-8-25(21)26)33(31(36)30(27)35)19-20-10-14-23(32)15-11-20/h3-17,28,34H,2,18-19H2,1H3/b29-27-. The molecule has 6 heteroatoms. The minimum atomic E-state index is -0.827. The summed E-state index contributed by atoms with van der Waals surface area (Å²) in [5.74, 6) is -1.46. The molecule has 1 atom stereocenters. The molecule has 0 radical (unpaired) electrons. The number of ketones is 1. The number of Topliss-reactive ketones (excluding diaryl/α,β-unsaturated/α-hetero) is 1. The van der Waals surface area contributed by atoms with Crippen molar-refractivity contribution in [1.29, 1.82) is 0 Å². The number of fused-ring (bicyclic) bond motifs is 1. The average molecular weight is 496 g/mol. The maximum Gasteiger partial charge on any atom is 0.295 e. The SMILES string of the molecule is CCCOc1ccc(/C(O)=C2/C(=O)C(=O)N(Cc3ccc(F)cc3)C2c2cccc3ccccc23)cc1. The first-order valence-corrected chi connectivity index (χ1v) is 12.2. The largest absolute Gasteiger partial charge is 0.507 e. The van der Waals surface area contributed by atoms with Crippen LogP contribution in [0.15, 0.2) is 96.6 Å². The number of nitrogens with zero attached hydrogens (tertiary/aromatic N) is 1. The van der Waals surface area contributed by atoms with Crippen LogP contribution in [-0.2, 0) is 16.1 Å². The molecule has 1 heterocycles. The molecule has 0 aliphatic carbocycles. The predicted octanol–water partition coefficient (Wildman–Crippen LogP) is 6.39. The van der Waals surface area contributed by atoms with Gasteiger partial charge in [-0.2, -0.15) is 0 Å². The minimum Gasteiger partial charge on any atom is -0.507 e. The first kappa shape index (κ1) is 24.3. The van der Waals surface area contributed by atoms with Gasteiger partial charge in [-0.1, -0.05) is 61.5 Å². The summed E-state index contributed by atoms with van der Waals surface area (Å²) in [6, 6.07) is 25.2. The second-order valence-corrected chi connectivity index (χ2v) is 8.99. The van der Waals surface area contributed by atoms with E-state index in [-0.39, 0.29) is 23.7 Å². The van der Waals surface area contributed by atoms with Gasteiger partial charge in [0.15, 0.2) is 0 Å². The Morgan fingerprint density at radius 2 is 1.62 bits per heavy atom. The van der Waals surface area contributed by atoms with Crippen molar-refractivity contribution in [3.05, 3.63) is 119 Å². The fraction of sp³-hybridized carbons (Fsp3) is 0.161. The fourth-order valence-corrected chi connectivity index (χ4v) is 4.73. The number of rotatable bonds is 7. The molecule has 4 aromatic carbocycles. The molecule has 4 aromatic rings. The fourth-order valence-electron chi connectivity index (χ4n) is 4.73. The van der Waals surface area contributed by atoms with Gasteiger partial charge in [0.1, 0.15) is 17.3 Å². The lowest BCUT2D eigenvalue weighted by molar-refractivity contribution is -0.140.